The predicted molar refractivity (Wildman–Crippen MR) is 110 cm³/mol. The van der Waals surface area contributed by atoms with E-state index in [1.165, 1.54) is 30.5 Å². The highest BCUT2D eigenvalue weighted by molar-refractivity contribution is 5.46. The van der Waals surface area contributed by atoms with Crippen LogP contribution in [0.2, 0.25) is 0 Å². The lowest BCUT2D eigenvalue weighted by Gasteiger charge is -2.28. The van der Waals surface area contributed by atoms with Crippen LogP contribution < -0.4 is 4.90 Å². The van der Waals surface area contributed by atoms with Gasteiger partial charge in [0.25, 0.3) is 0 Å². The van der Waals surface area contributed by atoms with Crippen molar-refractivity contribution in [1.82, 2.24) is 9.80 Å². The van der Waals surface area contributed by atoms with Crippen LogP contribution in [0.25, 0.3) is 0 Å². The molecular formula is C21H41N3. The maximum atomic E-state index is 2.45. The molecule has 3 nitrogen and oxygen atoms in total. The number of benzene rings is 1. The molecule has 0 heterocycles. The quantitative estimate of drug-likeness (QED) is 0.657. The van der Waals surface area contributed by atoms with Gasteiger partial charge < -0.3 is 14.7 Å². The third-order valence-electron chi connectivity index (χ3n) is 4.51. The van der Waals surface area contributed by atoms with Gasteiger partial charge in [-0.2, -0.15) is 0 Å². The molecular weight excluding hydrogens is 294 g/mol. The fourth-order valence-corrected chi connectivity index (χ4v) is 2.12. The van der Waals surface area contributed by atoms with Crippen molar-refractivity contribution in [3.05, 3.63) is 29.8 Å². The van der Waals surface area contributed by atoms with Crippen LogP contribution in [0.3, 0.4) is 0 Å². The molecule has 0 amide bonds. The van der Waals surface area contributed by atoms with Gasteiger partial charge in [-0.05, 0) is 60.1 Å². The summed E-state index contributed by atoms with van der Waals surface area (Å²) in [6.07, 6.45) is 3.86. The first-order chi connectivity index (χ1) is 11.3. The highest BCUT2D eigenvalue weighted by Gasteiger charge is 2.10. The van der Waals surface area contributed by atoms with Crippen LogP contribution in [0.4, 0.5) is 5.69 Å². The van der Waals surface area contributed by atoms with E-state index in [1.54, 1.807) is 0 Å². The normalized spacial score (nSPS) is 12.1. The van der Waals surface area contributed by atoms with Crippen molar-refractivity contribution in [2.24, 2.45) is 0 Å². The van der Waals surface area contributed by atoms with Gasteiger partial charge in [0.05, 0.1) is 0 Å². The van der Waals surface area contributed by atoms with Gasteiger partial charge in [-0.25, -0.2) is 0 Å². The molecule has 24 heavy (non-hydrogen) atoms. The molecule has 0 radical (unpaired) electrons. The second-order valence-electron chi connectivity index (χ2n) is 7.18. The van der Waals surface area contributed by atoms with E-state index in [0.717, 1.165) is 19.6 Å². The summed E-state index contributed by atoms with van der Waals surface area (Å²) in [4.78, 5) is 7.03. The van der Waals surface area contributed by atoms with Crippen molar-refractivity contribution >= 4 is 5.69 Å². The molecule has 140 valence electrons. The van der Waals surface area contributed by atoms with Gasteiger partial charge >= 0.3 is 0 Å². The number of aryl methyl sites for hydroxylation is 1. The number of likely N-dealkylation sites (N-methyl/N-ethyl adjacent to an activating group) is 2. The van der Waals surface area contributed by atoms with E-state index >= 15 is 0 Å². The van der Waals surface area contributed by atoms with Crippen molar-refractivity contribution in [3.63, 3.8) is 0 Å². The summed E-state index contributed by atoms with van der Waals surface area (Å²) in [7, 11) is 8.67. The van der Waals surface area contributed by atoms with Crippen LogP contribution in [-0.2, 0) is 0 Å². The Balaban J connectivity index is 0.00000118. The molecule has 1 unspecified atom stereocenters. The predicted octanol–water partition coefficient (Wildman–Crippen LogP) is 4.51. The Kier molecular flexibility index (Phi) is 12.7. The van der Waals surface area contributed by atoms with E-state index in [-0.39, 0.29) is 0 Å². The lowest BCUT2D eigenvalue weighted by molar-refractivity contribution is 0.232. The zero-order valence-electron chi connectivity index (χ0n) is 17.5. The third kappa shape index (κ3) is 10.7. The minimum Gasteiger partial charge on any atom is -0.373 e. The number of hydrogen-bond donors (Lipinski definition) is 0. The average molecular weight is 336 g/mol. The van der Waals surface area contributed by atoms with Gasteiger partial charge in [0.2, 0.25) is 0 Å². The van der Waals surface area contributed by atoms with Gasteiger partial charge in [0.1, 0.15) is 0 Å². The summed E-state index contributed by atoms with van der Waals surface area (Å²) in [5, 5.41) is 0. The Morgan fingerprint density at radius 1 is 0.833 bits per heavy atom. The third-order valence-corrected chi connectivity index (χ3v) is 4.51. The Hall–Kier alpha value is -1.06. The van der Waals surface area contributed by atoms with Crippen LogP contribution in [-0.4, -0.2) is 63.7 Å². The monoisotopic (exact) mass is 335 g/mol. The van der Waals surface area contributed by atoms with Crippen molar-refractivity contribution in [3.8, 4) is 0 Å². The number of unbranched alkanes of at least 4 members (excludes halogenated alkanes) is 1. The molecule has 0 spiro atoms. The Morgan fingerprint density at radius 2 is 1.38 bits per heavy atom. The number of nitrogens with zero attached hydrogens (tertiary/aromatic N) is 3. The molecule has 0 bridgehead atoms. The van der Waals surface area contributed by atoms with E-state index in [1.807, 2.05) is 0 Å². The number of hydrogen-bond acceptors (Lipinski definition) is 3. The zero-order valence-corrected chi connectivity index (χ0v) is 17.5. The van der Waals surface area contributed by atoms with Crippen molar-refractivity contribution in [2.45, 2.75) is 53.0 Å². The summed E-state index contributed by atoms with van der Waals surface area (Å²) in [6.45, 7) is 12.1. The van der Waals surface area contributed by atoms with Crippen LogP contribution in [0.5, 0.6) is 0 Å². The molecule has 1 atom stereocenters. The maximum absolute atomic E-state index is 2.45. The van der Waals surface area contributed by atoms with E-state index in [2.05, 4.69) is 94.9 Å². The van der Waals surface area contributed by atoms with Crippen molar-refractivity contribution < 1.29 is 0 Å². The first kappa shape index (κ1) is 22.9. The zero-order chi connectivity index (χ0) is 18.5. The van der Waals surface area contributed by atoms with E-state index in [9.17, 15) is 0 Å². The maximum Gasteiger partial charge on any atom is 0.0364 e. The second kappa shape index (κ2) is 13.3. The molecule has 1 aromatic rings. The molecule has 0 N–H and O–H groups in total. The van der Waals surface area contributed by atoms with Gasteiger partial charge in [-0.15, -0.1) is 0 Å². The summed E-state index contributed by atoms with van der Waals surface area (Å²) in [5.41, 5.74) is 2.61. The SMILES string of the molecule is CCCC.Cc1ccc(N(C)CCN(C)C(C)CCN(C)C)cc1. The fraction of sp³-hybridized carbons (Fsp3) is 0.714. The fourth-order valence-electron chi connectivity index (χ4n) is 2.12. The highest BCUT2D eigenvalue weighted by atomic mass is 15.2. The molecule has 0 saturated carbocycles. The van der Waals surface area contributed by atoms with E-state index < -0.39 is 0 Å². The lowest BCUT2D eigenvalue weighted by atomic mass is 10.2. The van der Waals surface area contributed by atoms with Gasteiger partial charge in [-0.1, -0.05) is 44.4 Å². The van der Waals surface area contributed by atoms with Crippen molar-refractivity contribution in [1.29, 1.82) is 0 Å². The topological polar surface area (TPSA) is 9.72 Å². The summed E-state index contributed by atoms with van der Waals surface area (Å²) >= 11 is 0. The molecule has 0 fully saturated rings. The molecule has 0 aliphatic carbocycles. The molecule has 0 saturated heterocycles. The molecule has 3 heteroatoms. The van der Waals surface area contributed by atoms with Crippen LogP contribution in [0.1, 0.15) is 45.6 Å². The smallest absolute Gasteiger partial charge is 0.0364 e. The van der Waals surface area contributed by atoms with Crippen LogP contribution >= 0.6 is 0 Å². The summed E-state index contributed by atoms with van der Waals surface area (Å²) in [6, 6.07) is 9.38. The Morgan fingerprint density at radius 3 is 1.83 bits per heavy atom. The van der Waals surface area contributed by atoms with E-state index in [0.29, 0.717) is 6.04 Å². The van der Waals surface area contributed by atoms with Crippen molar-refractivity contribution in [2.75, 3.05) is 52.7 Å². The first-order valence-corrected chi connectivity index (χ1v) is 9.44. The lowest BCUT2D eigenvalue weighted by Crippen LogP contribution is -2.37. The van der Waals surface area contributed by atoms with E-state index in [4.69, 9.17) is 0 Å². The largest absolute Gasteiger partial charge is 0.373 e. The highest BCUT2D eigenvalue weighted by Crippen LogP contribution is 2.13. The summed E-state index contributed by atoms with van der Waals surface area (Å²) < 4.78 is 0. The standard InChI is InChI=1S/C17H31N3.C4H10/c1-15-7-9-17(10-8-15)20(6)14-13-19(5)16(2)11-12-18(3)4;1-3-4-2/h7-10,16H,11-14H2,1-6H3;3-4H2,1-2H3. The summed E-state index contributed by atoms with van der Waals surface area (Å²) in [5.74, 6) is 0. The molecule has 0 aliphatic heterocycles. The number of rotatable bonds is 9. The molecule has 0 aliphatic rings. The second-order valence-corrected chi connectivity index (χ2v) is 7.18. The Labute approximate surface area is 151 Å². The first-order valence-electron chi connectivity index (χ1n) is 9.44. The van der Waals surface area contributed by atoms with Gasteiger partial charge in [0.15, 0.2) is 0 Å². The van der Waals surface area contributed by atoms with Gasteiger partial charge in [0, 0.05) is 31.9 Å². The molecule has 1 rings (SSSR count). The van der Waals surface area contributed by atoms with Gasteiger partial charge in [-0.3, -0.25) is 0 Å². The minimum atomic E-state index is 0.629. The molecule has 0 aromatic heterocycles. The number of anilines is 1. The molecule has 1 aromatic carbocycles. The minimum absolute atomic E-state index is 0.629. The Bertz CT molecular complexity index is 398. The van der Waals surface area contributed by atoms with Crippen LogP contribution in [0, 0.1) is 6.92 Å². The van der Waals surface area contributed by atoms with Crippen LogP contribution in [0.15, 0.2) is 24.3 Å². The average Bonchev–Trinajstić information content (AvgIpc) is 2.57.